The molecule has 0 bridgehead atoms. The SMILES string of the molecule is CC.O=C(O)CSc1nnnn1-c1cccc2ccccc12. The van der Waals surface area contributed by atoms with Crippen LogP contribution in [0.3, 0.4) is 0 Å². The van der Waals surface area contributed by atoms with E-state index in [4.69, 9.17) is 5.11 Å². The molecular formula is C15H16N4O2S. The van der Waals surface area contributed by atoms with Crippen LogP contribution in [0.2, 0.25) is 0 Å². The monoisotopic (exact) mass is 316 g/mol. The smallest absolute Gasteiger partial charge is 0.313 e. The van der Waals surface area contributed by atoms with Gasteiger partial charge < -0.3 is 5.11 Å². The van der Waals surface area contributed by atoms with Gasteiger partial charge in [-0.15, -0.1) is 5.10 Å². The van der Waals surface area contributed by atoms with Crippen LogP contribution in [0, 0.1) is 0 Å². The van der Waals surface area contributed by atoms with E-state index in [0.717, 1.165) is 28.2 Å². The molecule has 2 aromatic carbocycles. The molecule has 0 amide bonds. The molecule has 0 aliphatic heterocycles. The number of hydrogen-bond donors (Lipinski definition) is 1. The summed E-state index contributed by atoms with van der Waals surface area (Å²) in [5.74, 6) is -0.979. The van der Waals surface area contributed by atoms with Gasteiger partial charge in [-0.1, -0.05) is 62.0 Å². The minimum absolute atomic E-state index is 0.0782. The Bertz CT molecular complexity index is 768. The van der Waals surface area contributed by atoms with Crippen LogP contribution >= 0.6 is 11.8 Å². The number of aromatic nitrogens is 4. The number of thioether (sulfide) groups is 1. The molecule has 0 saturated carbocycles. The summed E-state index contributed by atoms with van der Waals surface area (Å²) in [4.78, 5) is 10.7. The highest BCUT2D eigenvalue weighted by Gasteiger charge is 2.12. The zero-order valence-electron chi connectivity index (χ0n) is 12.3. The second kappa shape index (κ2) is 7.56. The molecule has 0 radical (unpaired) electrons. The van der Waals surface area contributed by atoms with Gasteiger partial charge in [-0.25, -0.2) is 0 Å². The molecule has 3 rings (SSSR count). The summed E-state index contributed by atoms with van der Waals surface area (Å²) in [7, 11) is 0. The Labute approximate surface area is 132 Å². The van der Waals surface area contributed by atoms with Gasteiger partial charge in [0.05, 0.1) is 11.4 Å². The largest absolute Gasteiger partial charge is 0.481 e. The van der Waals surface area contributed by atoms with Gasteiger partial charge in [0.15, 0.2) is 0 Å². The molecule has 0 unspecified atom stereocenters. The molecule has 0 spiro atoms. The summed E-state index contributed by atoms with van der Waals surface area (Å²) in [5.41, 5.74) is 0.834. The summed E-state index contributed by atoms with van der Waals surface area (Å²) < 4.78 is 1.57. The van der Waals surface area contributed by atoms with Crippen molar-refractivity contribution in [2.45, 2.75) is 19.0 Å². The summed E-state index contributed by atoms with van der Waals surface area (Å²) >= 11 is 1.09. The fraction of sp³-hybridized carbons (Fsp3) is 0.200. The Morgan fingerprint density at radius 1 is 1.18 bits per heavy atom. The summed E-state index contributed by atoms with van der Waals surface area (Å²) in [5, 5.41) is 22.8. The van der Waals surface area contributed by atoms with Crippen molar-refractivity contribution in [1.82, 2.24) is 20.2 Å². The normalized spacial score (nSPS) is 10.1. The molecule has 1 N–H and O–H groups in total. The van der Waals surface area contributed by atoms with Crippen molar-refractivity contribution >= 4 is 28.5 Å². The number of carbonyl (C=O) groups is 1. The van der Waals surface area contributed by atoms with Gasteiger partial charge in [-0.2, -0.15) is 4.68 Å². The van der Waals surface area contributed by atoms with E-state index in [0.29, 0.717) is 5.16 Å². The van der Waals surface area contributed by atoms with Crippen molar-refractivity contribution < 1.29 is 9.90 Å². The van der Waals surface area contributed by atoms with Crippen LogP contribution < -0.4 is 0 Å². The zero-order chi connectivity index (χ0) is 15.9. The second-order valence-electron chi connectivity index (χ2n) is 4.05. The van der Waals surface area contributed by atoms with Crippen molar-refractivity contribution in [3.8, 4) is 5.69 Å². The molecule has 6 nitrogen and oxygen atoms in total. The fourth-order valence-corrected chi connectivity index (χ4v) is 2.54. The first-order valence-corrected chi connectivity index (χ1v) is 7.85. The van der Waals surface area contributed by atoms with Gasteiger partial charge in [0, 0.05) is 5.39 Å². The van der Waals surface area contributed by atoms with E-state index in [2.05, 4.69) is 15.5 Å². The van der Waals surface area contributed by atoms with Gasteiger partial charge in [0.2, 0.25) is 5.16 Å². The van der Waals surface area contributed by atoms with Crippen LogP contribution in [0.15, 0.2) is 47.6 Å². The summed E-state index contributed by atoms with van der Waals surface area (Å²) in [6.45, 7) is 4.00. The lowest BCUT2D eigenvalue weighted by Crippen LogP contribution is -2.03. The zero-order valence-corrected chi connectivity index (χ0v) is 13.1. The third-order valence-electron chi connectivity index (χ3n) is 2.76. The number of rotatable bonds is 4. The molecule has 0 aliphatic rings. The van der Waals surface area contributed by atoms with Crippen molar-refractivity contribution in [3.05, 3.63) is 42.5 Å². The lowest BCUT2D eigenvalue weighted by Gasteiger charge is -2.07. The Morgan fingerprint density at radius 3 is 2.68 bits per heavy atom. The van der Waals surface area contributed by atoms with Crippen LogP contribution in [0.4, 0.5) is 0 Å². The first-order chi connectivity index (χ1) is 10.8. The summed E-state index contributed by atoms with van der Waals surface area (Å²) in [6, 6.07) is 13.7. The van der Waals surface area contributed by atoms with Crippen molar-refractivity contribution in [3.63, 3.8) is 0 Å². The Kier molecular flexibility index (Phi) is 5.48. The highest BCUT2D eigenvalue weighted by Crippen LogP contribution is 2.24. The van der Waals surface area contributed by atoms with E-state index >= 15 is 0 Å². The van der Waals surface area contributed by atoms with Crippen molar-refractivity contribution in [2.75, 3.05) is 5.75 Å². The molecular weight excluding hydrogens is 300 g/mol. The molecule has 3 aromatic rings. The predicted molar refractivity (Wildman–Crippen MR) is 86.4 cm³/mol. The van der Waals surface area contributed by atoms with Crippen molar-refractivity contribution in [2.24, 2.45) is 0 Å². The molecule has 0 fully saturated rings. The second-order valence-corrected chi connectivity index (χ2v) is 5.00. The first-order valence-electron chi connectivity index (χ1n) is 6.87. The molecule has 114 valence electrons. The Balaban J connectivity index is 0.000000847. The standard InChI is InChI=1S/C13H10N4O2S.C2H6/c18-12(19)8-20-13-14-15-16-17(13)11-7-3-5-9-4-1-2-6-10(9)11;1-2/h1-7H,8H2,(H,18,19);1-2H3. The van der Waals surface area contributed by atoms with E-state index in [1.54, 1.807) is 4.68 Å². The van der Waals surface area contributed by atoms with E-state index in [9.17, 15) is 4.79 Å². The molecule has 22 heavy (non-hydrogen) atoms. The topological polar surface area (TPSA) is 80.9 Å². The molecule has 0 atom stereocenters. The lowest BCUT2D eigenvalue weighted by molar-refractivity contribution is -0.133. The van der Waals surface area contributed by atoms with E-state index in [-0.39, 0.29) is 5.75 Å². The minimum atomic E-state index is -0.900. The fourth-order valence-electron chi connectivity index (χ4n) is 1.94. The maximum absolute atomic E-state index is 10.7. The molecule has 0 aliphatic carbocycles. The van der Waals surface area contributed by atoms with E-state index < -0.39 is 5.97 Å². The molecule has 7 heteroatoms. The first kappa shape index (κ1) is 16.0. The maximum atomic E-state index is 10.7. The highest BCUT2D eigenvalue weighted by atomic mass is 32.2. The third kappa shape index (κ3) is 3.43. The van der Waals surface area contributed by atoms with Gasteiger partial charge in [-0.05, 0) is 21.9 Å². The van der Waals surface area contributed by atoms with E-state index in [1.807, 2.05) is 56.3 Å². The van der Waals surface area contributed by atoms with Crippen LogP contribution in [0.5, 0.6) is 0 Å². The van der Waals surface area contributed by atoms with Crippen molar-refractivity contribution in [1.29, 1.82) is 0 Å². The number of tetrazole rings is 1. The van der Waals surface area contributed by atoms with Gasteiger partial charge in [0.25, 0.3) is 0 Å². The van der Waals surface area contributed by atoms with E-state index in [1.165, 1.54) is 0 Å². The average Bonchev–Trinajstić information content (AvgIpc) is 3.02. The van der Waals surface area contributed by atoms with Crippen LogP contribution in [0.1, 0.15) is 13.8 Å². The number of benzene rings is 2. The highest BCUT2D eigenvalue weighted by molar-refractivity contribution is 7.99. The average molecular weight is 316 g/mol. The predicted octanol–water partition coefficient (Wildman–Crippen LogP) is 3.02. The van der Waals surface area contributed by atoms with Crippen LogP contribution in [-0.4, -0.2) is 37.0 Å². The number of nitrogens with zero attached hydrogens (tertiary/aromatic N) is 4. The third-order valence-corrected chi connectivity index (χ3v) is 3.66. The summed E-state index contributed by atoms with van der Waals surface area (Å²) in [6.07, 6.45) is 0. The maximum Gasteiger partial charge on any atom is 0.313 e. The number of hydrogen-bond acceptors (Lipinski definition) is 5. The van der Waals surface area contributed by atoms with Crippen LogP contribution in [0.25, 0.3) is 16.5 Å². The number of carboxylic acids is 1. The lowest BCUT2D eigenvalue weighted by atomic mass is 10.1. The van der Waals surface area contributed by atoms with Crippen LogP contribution in [-0.2, 0) is 4.79 Å². The van der Waals surface area contributed by atoms with Gasteiger partial charge >= 0.3 is 5.97 Å². The minimum Gasteiger partial charge on any atom is -0.481 e. The number of aliphatic carboxylic acids is 1. The molecule has 1 heterocycles. The number of fused-ring (bicyclic) bond motifs is 1. The Morgan fingerprint density at radius 2 is 1.91 bits per heavy atom. The number of carboxylic acid groups (broad SMARTS) is 1. The quantitative estimate of drug-likeness (QED) is 0.745. The molecule has 0 saturated heterocycles. The Hall–Kier alpha value is -2.41. The van der Waals surface area contributed by atoms with Gasteiger partial charge in [-0.3, -0.25) is 4.79 Å². The van der Waals surface area contributed by atoms with Gasteiger partial charge in [0.1, 0.15) is 0 Å². The molecule has 1 aromatic heterocycles.